The number of nitrogens with one attached hydrogen (secondary N) is 2. The van der Waals surface area contributed by atoms with Crippen LogP contribution in [0.4, 0.5) is 10.3 Å². The van der Waals surface area contributed by atoms with Gasteiger partial charge in [0.2, 0.25) is 5.95 Å². The number of rotatable bonds is 5. The Kier molecular flexibility index (Phi) is 5.48. The molecule has 1 aliphatic rings. The number of aromatic nitrogens is 2. The molecule has 4 rings (SSSR count). The molecule has 1 heterocycles. The summed E-state index contributed by atoms with van der Waals surface area (Å²) in [6, 6.07) is 17.0. The molecule has 0 spiro atoms. The Morgan fingerprint density at radius 3 is 2.53 bits per heavy atom. The van der Waals surface area contributed by atoms with E-state index in [1.54, 1.807) is 30.5 Å². The zero-order valence-electron chi connectivity index (χ0n) is 16.0. The molecule has 0 aliphatic heterocycles. The van der Waals surface area contributed by atoms with Gasteiger partial charge in [0, 0.05) is 18.3 Å². The number of anilines is 1. The fourth-order valence-electron chi connectivity index (χ4n) is 3.03. The lowest BCUT2D eigenvalue weighted by Gasteiger charge is -2.20. The Labute approximate surface area is 173 Å². The Balaban J connectivity index is 1.61. The summed E-state index contributed by atoms with van der Waals surface area (Å²) in [7, 11) is 0. The molecular weight excluding hydrogens is 379 g/mol. The van der Waals surface area contributed by atoms with Crippen molar-refractivity contribution < 1.29 is 9.50 Å². The van der Waals surface area contributed by atoms with Crippen molar-refractivity contribution >= 4 is 23.0 Å². The number of halogens is 1. The SMILES string of the molecule is N=C1C=CC(c2ccnc(NCc3ccccc3)n2)=C/C1=C(/[O-])c1ccc(F)cc1. The Hall–Kier alpha value is -4.06. The van der Waals surface area contributed by atoms with E-state index in [1.165, 1.54) is 24.3 Å². The van der Waals surface area contributed by atoms with Gasteiger partial charge in [-0.1, -0.05) is 54.3 Å². The van der Waals surface area contributed by atoms with Gasteiger partial charge in [-0.25, -0.2) is 14.4 Å². The van der Waals surface area contributed by atoms with Crippen molar-refractivity contribution in [3.05, 3.63) is 113 Å². The first-order valence-electron chi connectivity index (χ1n) is 9.37. The van der Waals surface area contributed by atoms with Crippen LogP contribution in [0.2, 0.25) is 0 Å². The molecule has 2 N–H and O–H groups in total. The predicted octanol–water partition coefficient (Wildman–Crippen LogP) is 3.97. The van der Waals surface area contributed by atoms with E-state index in [0.29, 0.717) is 29.3 Å². The first-order chi connectivity index (χ1) is 14.6. The molecule has 3 aromatic rings. The van der Waals surface area contributed by atoms with Crippen molar-refractivity contribution in [2.24, 2.45) is 0 Å². The van der Waals surface area contributed by atoms with E-state index in [1.807, 2.05) is 30.3 Å². The van der Waals surface area contributed by atoms with E-state index in [4.69, 9.17) is 5.41 Å². The quantitative estimate of drug-likeness (QED) is 0.638. The molecular formula is C24H18FN4O-. The monoisotopic (exact) mass is 397 g/mol. The third-order valence-electron chi connectivity index (χ3n) is 4.62. The van der Waals surface area contributed by atoms with Crippen molar-refractivity contribution in [2.45, 2.75) is 6.54 Å². The number of allylic oxidation sites excluding steroid dienone is 5. The first kappa shape index (κ1) is 19.3. The second-order valence-corrected chi connectivity index (χ2v) is 6.70. The van der Waals surface area contributed by atoms with E-state index in [-0.39, 0.29) is 17.0 Å². The fraction of sp³-hybridized carbons (Fsp3) is 0.0417. The van der Waals surface area contributed by atoms with Gasteiger partial charge in [-0.15, -0.1) is 0 Å². The maximum atomic E-state index is 13.2. The zero-order valence-corrected chi connectivity index (χ0v) is 16.0. The van der Waals surface area contributed by atoms with Gasteiger partial charge in [0.15, 0.2) is 0 Å². The molecule has 0 amide bonds. The Morgan fingerprint density at radius 2 is 1.77 bits per heavy atom. The van der Waals surface area contributed by atoms with Gasteiger partial charge < -0.3 is 15.8 Å². The van der Waals surface area contributed by atoms with Crippen LogP contribution in [0.5, 0.6) is 0 Å². The lowest BCUT2D eigenvalue weighted by molar-refractivity contribution is -0.244. The van der Waals surface area contributed by atoms with Crippen LogP contribution in [0.15, 0.2) is 90.7 Å². The Morgan fingerprint density at radius 1 is 1.00 bits per heavy atom. The summed E-state index contributed by atoms with van der Waals surface area (Å²) < 4.78 is 13.2. The third-order valence-corrected chi connectivity index (χ3v) is 4.62. The second kappa shape index (κ2) is 8.53. The van der Waals surface area contributed by atoms with E-state index >= 15 is 0 Å². The van der Waals surface area contributed by atoms with Crippen LogP contribution < -0.4 is 10.4 Å². The minimum absolute atomic E-state index is 0.101. The van der Waals surface area contributed by atoms with Crippen LogP contribution in [-0.2, 0) is 6.54 Å². The van der Waals surface area contributed by atoms with Crippen LogP contribution >= 0.6 is 0 Å². The molecule has 148 valence electrons. The summed E-state index contributed by atoms with van der Waals surface area (Å²) in [6.07, 6.45) is 6.58. The van der Waals surface area contributed by atoms with Crippen LogP contribution in [0, 0.1) is 11.2 Å². The topological polar surface area (TPSA) is 84.7 Å². The molecule has 0 bridgehead atoms. The molecule has 0 atom stereocenters. The largest absolute Gasteiger partial charge is 0.872 e. The van der Waals surface area contributed by atoms with Gasteiger partial charge in [0.05, 0.1) is 11.4 Å². The van der Waals surface area contributed by atoms with Crippen molar-refractivity contribution in [3.63, 3.8) is 0 Å². The molecule has 5 nitrogen and oxygen atoms in total. The molecule has 2 aromatic carbocycles. The van der Waals surface area contributed by atoms with Gasteiger partial charge in [-0.3, -0.25) is 0 Å². The van der Waals surface area contributed by atoms with E-state index in [2.05, 4.69) is 15.3 Å². The minimum atomic E-state index is -0.414. The molecule has 1 aliphatic carbocycles. The first-order valence-corrected chi connectivity index (χ1v) is 9.37. The van der Waals surface area contributed by atoms with E-state index < -0.39 is 5.82 Å². The second-order valence-electron chi connectivity index (χ2n) is 6.70. The minimum Gasteiger partial charge on any atom is -0.872 e. The number of hydrogen-bond donors (Lipinski definition) is 2. The number of hydrogen-bond acceptors (Lipinski definition) is 5. The lowest BCUT2D eigenvalue weighted by atomic mass is 9.95. The average Bonchev–Trinajstić information content (AvgIpc) is 2.79. The van der Waals surface area contributed by atoms with Crippen molar-refractivity contribution in [1.29, 1.82) is 5.41 Å². The smallest absolute Gasteiger partial charge is 0.223 e. The van der Waals surface area contributed by atoms with E-state index in [0.717, 1.165) is 5.56 Å². The maximum Gasteiger partial charge on any atom is 0.223 e. The normalized spacial score (nSPS) is 15.0. The van der Waals surface area contributed by atoms with Crippen LogP contribution in [0.1, 0.15) is 16.8 Å². The zero-order chi connectivity index (χ0) is 20.9. The average molecular weight is 397 g/mol. The summed E-state index contributed by atoms with van der Waals surface area (Å²) >= 11 is 0. The van der Waals surface area contributed by atoms with Crippen LogP contribution in [0.3, 0.4) is 0 Å². The van der Waals surface area contributed by atoms with Crippen molar-refractivity contribution in [3.8, 4) is 0 Å². The summed E-state index contributed by atoms with van der Waals surface area (Å²) in [6.45, 7) is 0.588. The van der Waals surface area contributed by atoms with Gasteiger partial charge in [-0.2, -0.15) is 0 Å². The highest BCUT2D eigenvalue weighted by Gasteiger charge is 2.12. The van der Waals surface area contributed by atoms with Crippen LogP contribution in [0.25, 0.3) is 11.3 Å². The molecule has 0 saturated carbocycles. The van der Waals surface area contributed by atoms with Gasteiger partial charge >= 0.3 is 0 Å². The summed E-state index contributed by atoms with van der Waals surface area (Å²) in [4.78, 5) is 8.78. The number of benzene rings is 2. The van der Waals surface area contributed by atoms with Gasteiger partial charge in [0.25, 0.3) is 0 Å². The third kappa shape index (κ3) is 4.33. The predicted molar refractivity (Wildman–Crippen MR) is 114 cm³/mol. The van der Waals surface area contributed by atoms with E-state index in [9.17, 15) is 9.50 Å². The number of nitrogens with zero attached hydrogens (tertiary/aromatic N) is 2. The Bertz CT molecular complexity index is 1170. The maximum absolute atomic E-state index is 13.2. The molecule has 1 aromatic heterocycles. The molecule has 0 radical (unpaired) electrons. The molecule has 30 heavy (non-hydrogen) atoms. The van der Waals surface area contributed by atoms with Crippen molar-refractivity contribution in [1.82, 2.24) is 9.97 Å². The molecule has 0 saturated heterocycles. The fourth-order valence-corrected chi connectivity index (χ4v) is 3.03. The van der Waals surface area contributed by atoms with Gasteiger partial charge in [-0.05, 0) is 47.1 Å². The highest BCUT2D eigenvalue weighted by Crippen LogP contribution is 2.26. The van der Waals surface area contributed by atoms with Crippen LogP contribution in [-0.4, -0.2) is 15.7 Å². The lowest BCUT2D eigenvalue weighted by Crippen LogP contribution is -2.13. The standard InChI is InChI=1S/C24H19FN4O/c25-19-9-6-17(7-10-19)23(30)20-14-18(8-11-21(20)26)22-12-13-27-24(29-22)28-15-16-4-2-1-3-5-16/h1-14,26,30H,15H2,(H,27,28,29)/p-1/b23-20-,26-21?. The highest BCUT2D eigenvalue weighted by molar-refractivity contribution is 6.16. The summed E-state index contributed by atoms with van der Waals surface area (Å²) in [5.74, 6) is -0.279. The summed E-state index contributed by atoms with van der Waals surface area (Å²) in [5.41, 5.74) is 3.10. The van der Waals surface area contributed by atoms with Crippen molar-refractivity contribution in [2.75, 3.05) is 5.32 Å². The molecule has 0 unspecified atom stereocenters. The molecule has 6 heteroatoms. The molecule has 0 fully saturated rings. The van der Waals surface area contributed by atoms with Gasteiger partial charge in [0.1, 0.15) is 5.82 Å². The summed E-state index contributed by atoms with van der Waals surface area (Å²) in [5, 5.41) is 24.1. The highest BCUT2D eigenvalue weighted by atomic mass is 19.1.